The molecule has 3 rings (SSSR count). The molecule has 1 aliphatic heterocycles. The van der Waals surface area contributed by atoms with Crippen LogP contribution >= 0.6 is 0 Å². The van der Waals surface area contributed by atoms with Gasteiger partial charge in [0.2, 0.25) is 0 Å². The molecule has 6 nitrogen and oxygen atoms in total. The molecule has 0 radical (unpaired) electrons. The van der Waals surface area contributed by atoms with Crippen LogP contribution in [0.5, 0.6) is 0 Å². The van der Waals surface area contributed by atoms with E-state index >= 15 is 0 Å². The molecule has 0 spiro atoms. The molecule has 1 aromatic carbocycles. The Balaban J connectivity index is 2.19. The Hall–Kier alpha value is -2.84. The van der Waals surface area contributed by atoms with Crippen molar-refractivity contribution in [3.8, 4) is 5.69 Å². The predicted octanol–water partition coefficient (Wildman–Crippen LogP) is 2.65. The molecule has 0 fully saturated rings. The summed E-state index contributed by atoms with van der Waals surface area (Å²) in [4.78, 5) is 29.8. The topological polar surface area (TPSA) is 64.4 Å². The second-order valence-corrected chi connectivity index (χ2v) is 5.52. The molecule has 2 aromatic rings. The second kappa shape index (κ2) is 5.91. The highest BCUT2D eigenvalue weighted by Crippen LogP contribution is 2.33. The minimum Gasteiger partial charge on any atom is -0.461 e. The van der Waals surface area contributed by atoms with Gasteiger partial charge in [-0.2, -0.15) is 13.2 Å². The van der Waals surface area contributed by atoms with Crippen LogP contribution in [0.2, 0.25) is 0 Å². The lowest BCUT2D eigenvalue weighted by Gasteiger charge is -2.15. The van der Waals surface area contributed by atoms with Gasteiger partial charge in [0, 0.05) is 7.05 Å². The fraction of sp³-hybridized carbons (Fsp3) is 0.312. The molecule has 0 saturated carbocycles. The molecule has 0 aliphatic carbocycles. The van der Waals surface area contributed by atoms with Gasteiger partial charge in [0.05, 0.1) is 35.7 Å². The number of benzene rings is 1. The Kier molecular flexibility index (Phi) is 4.02. The van der Waals surface area contributed by atoms with Gasteiger partial charge in [-0.1, -0.05) is 0 Å². The molecule has 0 atom stereocenters. The van der Waals surface area contributed by atoms with Crippen molar-refractivity contribution in [1.82, 2.24) is 14.5 Å². The van der Waals surface area contributed by atoms with Gasteiger partial charge in [-0.15, -0.1) is 0 Å². The Bertz CT molecular complexity index is 858. The molecule has 1 aromatic heterocycles. The number of halogens is 3. The van der Waals surface area contributed by atoms with E-state index in [1.807, 2.05) is 0 Å². The van der Waals surface area contributed by atoms with Gasteiger partial charge >= 0.3 is 12.1 Å². The van der Waals surface area contributed by atoms with Crippen LogP contribution in [0.1, 0.15) is 39.0 Å². The van der Waals surface area contributed by atoms with Crippen LogP contribution in [-0.4, -0.2) is 40.0 Å². The molecule has 2 heterocycles. The average molecular weight is 353 g/mol. The average Bonchev–Trinajstić information content (AvgIpc) is 2.92. The first-order valence-electron chi connectivity index (χ1n) is 7.44. The van der Waals surface area contributed by atoms with Crippen molar-refractivity contribution >= 4 is 11.9 Å². The number of hydrogen-bond acceptors (Lipinski definition) is 4. The summed E-state index contributed by atoms with van der Waals surface area (Å²) >= 11 is 0. The van der Waals surface area contributed by atoms with Gasteiger partial charge in [-0.25, -0.2) is 9.78 Å². The van der Waals surface area contributed by atoms with Gasteiger partial charge in [0.1, 0.15) is 6.33 Å². The maximum absolute atomic E-state index is 13.0. The van der Waals surface area contributed by atoms with Crippen LogP contribution < -0.4 is 0 Å². The summed E-state index contributed by atoms with van der Waals surface area (Å²) < 4.78 is 45.3. The SMILES string of the molecule is CCOC(=O)c1ncn2c1CN(C)C(=O)c1cc(C(F)(F)F)ccc1-2. The lowest BCUT2D eigenvalue weighted by atomic mass is 10.1. The molecule has 0 bridgehead atoms. The van der Waals surface area contributed by atoms with Gasteiger partial charge in [-0.05, 0) is 25.1 Å². The van der Waals surface area contributed by atoms with E-state index in [2.05, 4.69) is 4.98 Å². The van der Waals surface area contributed by atoms with Crippen molar-refractivity contribution in [3.05, 3.63) is 47.0 Å². The standard InChI is InChI=1S/C16H14F3N3O3/c1-3-25-15(24)13-12-7-21(2)14(23)10-6-9(16(17,18)19)4-5-11(10)22(12)8-20-13/h4-6,8H,3,7H2,1-2H3. The highest BCUT2D eigenvalue weighted by molar-refractivity contribution is 5.99. The molecule has 0 unspecified atom stereocenters. The third kappa shape index (κ3) is 2.86. The fourth-order valence-electron chi connectivity index (χ4n) is 2.70. The Morgan fingerprint density at radius 2 is 2.08 bits per heavy atom. The van der Waals surface area contributed by atoms with E-state index in [-0.39, 0.29) is 30.1 Å². The largest absolute Gasteiger partial charge is 0.461 e. The summed E-state index contributed by atoms with van der Waals surface area (Å²) in [5.41, 5.74) is -0.367. The Morgan fingerprint density at radius 3 is 2.72 bits per heavy atom. The summed E-state index contributed by atoms with van der Waals surface area (Å²) in [6.45, 7) is 1.82. The van der Waals surface area contributed by atoms with Crippen LogP contribution in [0.4, 0.5) is 13.2 Å². The highest BCUT2D eigenvalue weighted by Gasteiger charge is 2.34. The first kappa shape index (κ1) is 17.0. The lowest BCUT2D eigenvalue weighted by molar-refractivity contribution is -0.137. The minimum atomic E-state index is -4.56. The quantitative estimate of drug-likeness (QED) is 0.779. The Morgan fingerprint density at radius 1 is 1.36 bits per heavy atom. The summed E-state index contributed by atoms with van der Waals surface area (Å²) in [5.74, 6) is -1.22. The molecule has 132 valence electrons. The summed E-state index contributed by atoms with van der Waals surface area (Å²) in [6.07, 6.45) is -3.26. The van der Waals surface area contributed by atoms with Crippen LogP contribution in [0.3, 0.4) is 0 Å². The molecular weight excluding hydrogens is 339 g/mol. The maximum atomic E-state index is 13.0. The van der Waals surface area contributed by atoms with E-state index in [0.717, 1.165) is 12.1 Å². The number of hydrogen-bond donors (Lipinski definition) is 0. The maximum Gasteiger partial charge on any atom is 0.416 e. The van der Waals surface area contributed by atoms with E-state index in [9.17, 15) is 22.8 Å². The number of ether oxygens (including phenoxy) is 1. The van der Waals surface area contributed by atoms with Crippen molar-refractivity contribution in [2.45, 2.75) is 19.6 Å². The summed E-state index contributed by atoms with van der Waals surface area (Å²) in [5, 5.41) is 0. The molecule has 1 aliphatic rings. The zero-order valence-corrected chi connectivity index (χ0v) is 13.4. The minimum absolute atomic E-state index is 0.0169. The predicted molar refractivity (Wildman–Crippen MR) is 80.3 cm³/mol. The smallest absolute Gasteiger partial charge is 0.416 e. The summed E-state index contributed by atoms with van der Waals surface area (Å²) in [7, 11) is 1.45. The first-order valence-corrected chi connectivity index (χ1v) is 7.44. The fourth-order valence-corrected chi connectivity index (χ4v) is 2.70. The lowest BCUT2D eigenvalue weighted by Crippen LogP contribution is -2.26. The monoisotopic (exact) mass is 353 g/mol. The first-order chi connectivity index (χ1) is 11.7. The van der Waals surface area contributed by atoms with Gasteiger partial charge in [0.25, 0.3) is 5.91 Å². The van der Waals surface area contributed by atoms with Gasteiger partial charge in [-0.3, -0.25) is 9.36 Å². The summed E-state index contributed by atoms with van der Waals surface area (Å²) in [6, 6.07) is 2.91. The number of esters is 1. The van der Waals surface area contributed by atoms with E-state index in [1.165, 1.54) is 28.9 Å². The van der Waals surface area contributed by atoms with E-state index in [4.69, 9.17) is 4.74 Å². The number of carbonyl (C=O) groups is 2. The van der Waals surface area contributed by atoms with E-state index in [0.29, 0.717) is 5.69 Å². The number of alkyl halides is 3. The zero-order chi connectivity index (χ0) is 18.4. The van der Waals surface area contributed by atoms with Crippen LogP contribution in [-0.2, 0) is 17.5 Å². The number of aromatic nitrogens is 2. The van der Waals surface area contributed by atoms with Crippen LogP contribution in [0, 0.1) is 0 Å². The highest BCUT2D eigenvalue weighted by atomic mass is 19.4. The number of amides is 1. The van der Waals surface area contributed by atoms with Crippen LogP contribution in [0.25, 0.3) is 5.69 Å². The third-order valence-corrected chi connectivity index (χ3v) is 3.88. The normalized spacial score (nSPS) is 14.0. The van der Waals surface area contributed by atoms with E-state index in [1.54, 1.807) is 6.92 Å². The molecule has 0 N–H and O–H groups in total. The molecule has 9 heteroatoms. The van der Waals surface area contributed by atoms with Crippen molar-refractivity contribution in [3.63, 3.8) is 0 Å². The molecule has 0 saturated heterocycles. The number of nitrogens with zero attached hydrogens (tertiary/aromatic N) is 3. The number of carbonyl (C=O) groups excluding carboxylic acids is 2. The van der Waals surface area contributed by atoms with Crippen LogP contribution in [0.15, 0.2) is 24.5 Å². The van der Waals surface area contributed by atoms with Gasteiger partial charge in [0.15, 0.2) is 5.69 Å². The second-order valence-electron chi connectivity index (χ2n) is 5.52. The number of fused-ring (bicyclic) bond motifs is 3. The van der Waals surface area contributed by atoms with E-state index < -0.39 is 23.6 Å². The van der Waals surface area contributed by atoms with Crippen molar-refractivity contribution < 1.29 is 27.5 Å². The van der Waals surface area contributed by atoms with Crippen molar-refractivity contribution in [2.24, 2.45) is 0 Å². The third-order valence-electron chi connectivity index (χ3n) is 3.88. The molecule has 25 heavy (non-hydrogen) atoms. The van der Waals surface area contributed by atoms with Crippen molar-refractivity contribution in [2.75, 3.05) is 13.7 Å². The van der Waals surface area contributed by atoms with Gasteiger partial charge < -0.3 is 9.64 Å². The molecular formula is C16H14F3N3O3. The molecule has 1 amide bonds. The number of rotatable bonds is 2. The number of imidazole rings is 1. The zero-order valence-electron chi connectivity index (χ0n) is 13.4. The van der Waals surface area contributed by atoms with Crippen molar-refractivity contribution in [1.29, 1.82) is 0 Å². The Labute approximate surface area is 140 Å².